The molecule has 0 amide bonds. The summed E-state index contributed by atoms with van der Waals surface area (Å²) in [5.41, 5.74) is 1.09. The van der Waals surface area contributed by atoms with Crippen molar-refractivity contribution in [3.8, 4) is 0 Å². The van der Waals surface area contributed by atoms with E-state index in [2.05, 4.69) is 26.1 Å². The van der Waals surface area contributed by atoms with Crippen molar-refractivity contribution in [3.63, 3.8) is 0 Å². The Bertz CT molecular complexity index is 368. The summed E-state index contributed by atoms with van der Waals surface area (Å²) in [6.07, 6.45) is 3.16. The van der Waals surface area contributed by atoms with Gasteiger partial charge in [0.2, 0.25) is 0 Å². The number of nitrogens with one attached hydrogen (secondary N) is 1. The predicted molar refractivity (Wildman–Crippen MR) is 76.7 cm³/mol. The molecule has 1 N–H and O–H groups in total. The van der Waals surface area contributed by atoms with E-state index >= 15 is 0 Å². The zero-order valence-corrected chi connectivity index (χ0v) is 12.2. The first-order valence-corrected chi connectivity index (χ1v) is 7.13. The van der Waals surface area contributed by atoms with Crippen molar-refractivity contribution >= 4 is 11.6 Å². The van der Waals surface area contributed by atoms with Gasteiger partial charge in [-0.05, 0) is 43.0 Å². The van der Waals surface area contributed by atoms with Gasteiger partial charge in [-0.25, -0.2) is 4.39 Å². The van der Waals surface area contributed by atoms with Gasteiger partial charge in [0.15, 0.2) is 0 Å². The molecule has 0 bridgehead atoms. The first-order valence-electron chi connectivity index (χ1n) is 6.75. The van der Waals surface area contributed by atoms with Gasteiger partial charge in [0.1, 0.15) is 5.82 Å². The predicted octanol–water partition coefficient (Wildman–Crippen LogP) is 4.44. The lowest BCUT2D eigenvalue weighted by molar-refractivity contribution is 0.365. The summed E-state index contributed by atoms with van der Waals surface area (Å²) in [6, 6.07) is 5.44. The third-order valence-electron chi connectivity index (χ3n) is 3.43. The zero-order chi connectivity index (χ0) is 13.5. The zero-order valence-electron chi connectivity index (χ0n) is 11.5. The molecule has 18 heavy (non-hydrogen) atoms. The minimum Gasteiger partial charge on any atom is -0.313 e. The van der Waals surface area contributed by atoms with Crippen LogP contribution in [0, 0.1) is 11.7 Å². The molecule has 1 nitrogen and oxygen atoms in total. The van der Waals surface area contributed by atoms with Gasteiger partial charge in [0.05, 0.1) is 5.02 Å². The lowest BCUT2D eigenvalue weighted by Crippen LogP contribution is -2.37. The van der Waals surface area contributed by atoms with Crippen LogP contribution in [0.3, 0.4) is 0 Å². The molecule has 0 heterocycles. The average Bonchev–Trinajstić information content (AvgIpc) is 2.37. The molecule has 0 aliphatic rings. The summed E-state index contributed by atoms with van der Waals surface area (Å²) < 4.78 is 13.1. The molecule has 0 spiro atoms. The third-order valence-corrected chi connectivity index (χ3v) is 3.72. The van der Waals surface area contributed by atoms with Crippen LogP contribution in [0.25, 0.3) is 0 Å². The van der Waals surface area contributed by atoms with Crippen LogP contribution in [-0.2, 0) is 6.42 Å². The molecule has 0 fully saturated rings. The van der Waals surface area contributed by atoms with Crippen LogP contribution in [0.4, 0.5) is 4.39 Å². The molecule has 0 radical (unpaired) electrons. The molecule has 1 aromatic rings. The Labute approximate surface area is 115 Å². The van der Waals surface area contributed by atoms with E-state index in [4.69, 9.17) is 11.6 Å². The minimum atomic E-state index is -0.345. The molecule has 3 heteroatoms. The monoisotopic (exact) mass is 271 g/mol. The van der Waals surface area contributed by atoms with E-state index in [0.717, 1.165) is 31.4 Å². The fraction of sp³-hybridized carbons (Fsp3) is 0.600. The minimum absolute atomic E-state index is 0.214. The SMILES string of the molecule is CCCNC(Cc1ccc(F)c(Cl)c1)C(C)CC. The summed E-state index contributed by atoms with van der Waals surface area (Å²) in [7, 11) is 0. The molecule has 0 saturated carbocycles. The van der Waals surface area contributed by atoms with Crippen LogP contribution in [0.5, 0.6) is 0 Å². The van der Waals surface area contributed by atoms with E-state index in [1.54, 1.807) is 6.07 Å². The van der Waals surface area contributed by atoms with Crippen LogP contribution in [-0.4, -0.2) is 12.6 Å². The Morgan fingerprint density at radius 1 is 1.33 bits per heavy atom. The number of rotatable bonds is 7. The molecule has 2 atom stereocenters. The topological polar surface area (TPSA) is 12.0 Å². The Hall–Kier alpha value is -0.600. The maximum atomic E-state index is 13.1. The van der Waals surface area contributed by atoms with Gasteiger partial charge in [-0.2, -0.15) is 0 Å². The molecule has 1 rings (SSSR count). The highest BCUT2D eigenvalue weighted by Crippen LogP contribution is 2.19. The summed E-state index contributed by atoms with van der Waals surface area (Å²) >= 11 is 5.82. The highest BCUT2D eigenvalue weighted by molar-refractivity contribution is 6.30. The van der Waals surface area contributed by atoms with Gasteiger partial charge < -0.3 is 5.32 Å². The van der Waals surface area contributed by atoms with Crippen molar-refractivity contribution in [2.45, 2.75) is 46.1 Å². The van der Waals surface area contributed by atoms with Crippen molar-refractivity contribution in [1.82, 2.24) is 5.32 Å². The van der Waals surface area contributed by atoms with Crippen LogP contribution >= 0.6 is 11.6 Å². The van der Waals surface area contributed by atoms with E-state index in [1.807, 2.05) is 6.07 Å². The number of benzene rings is 1. The molecular formula is C15H23ClFN. The Morgan fingerprint density at radius 2 is 2.06 bits per heavy atom. The molecule has 0 aliphatic heterocycles. The summed E-state index contributed by atoms with van der Waals surface area (Å²) in [5, 5.41) is 3.78. The summed E-state index contributed by atoms with van der Waals surface area (Å²) in [6.45, 7) is 7.63. The molecule has 0 saturated heterocycles. The van der Waals surface area contributed by atoms with Crippen molar-refractivity contribution < 1.29 is 4.39 Å². The summed E-state index contributed by atoms with van der Waals surface area (Å²) in [5.74, 6) is 0.252. The second kappa shape index (κ2) is 7.75. The first-order chi connectivity index (χ1) is 8.58. The smallest absolute Gasteiger partial charge is 0.141 e. The standard InChI is InChI=1S/C15H23ClFN/c1-4-8-18-15(11(3)5-2)10-12-6-7-14(17)13(16)9-12/h6-7,9,11,15,18H,4-5,8,10H2,1-3H3. The third kappa shape index (κ3) is 4.58. The first kappa shape index (κ1) is 15.5. The van der Waals surface area contributed by atoms with Crippen molar-refractivity contribution in [2.24, 2.45) is 5.92 Å². The van der Waals surface area contributed by atoms with Gasteiger partial charge in [-0.3, -0.25) is 0 Å². The van der Waals surface area contributed by atoms with E-state index < -0.39 is 0 Å². The molecule has 102 valence electrons. The Balaban J connectivity index is 2.71. The maximum absolute atomic E-state index is 13.1. The lowest BCUT2D eigenvalue weighted by atomic mass is 9.93. The molecular weight excluding hydrogens is 249 g/mol. The molecule has 0 aliphatic carbocycles. The second-order valence-corrected chi connectivity index (χ2v) is 5.31. The number of hydrogen-bond acceptors (Lipinski definition) is 1. The van der Waals surface area contributed by atoms with Crippen LogP contribution in [0.1, 0.15) is 39.2 Å². The molecule has 2 unspecified atom stereocenters. The summed E-state index contributed by atoms with van der Waals surface area (Å²) in [4.78, 5) is 0. The van der Waals surface area contributed by atoms with Crippen molar-refractivity contribution in [3.05, 3.63) is 34.6 Å². The molecule has 1 aromatic carbocycles. The normalized spacial score (nSPS) is 14.5. The van der Waals surface area contributed by atoms with E-state index in [-0.39, 0.29) is 10.8 Å². The quantitative estimate of drug-likeness (QED) is 0.773. The van der Waals surface area contributed by atoms with E-state index in [9.17, 15) is 4.39 Å². The Morgan fingerprint density at radius 3 is 2.61 bits per heavy atom. The van der Waals surface area contributed by atoms with Crippen LogP contribution in [0.15, 0.2) is 18.2 Å². The Kier molecular flexibility index (Phi) is 6.66. The number of hydrogen-bond donors (Lipinski definition) is 1. The molecule has 0 aromatic heterocycles. The van der Waals surface area contributed by atoms with Crippen molar-refractivity contribution in [2.75, 3.05) is 6.54 Å². The maximum Gasteiger partial charge on any atom is 0.141 e. The van der Waals surface area contributed by atoms with Gasteiger partial charge in [-0.15, -0.1) is 0 Å². The van der Waals surface area contributed by atoms with Gasteiger partial charge >= 0.3 is 0 Å². The van der Waals surface area contributed by atoms with Crippen LogP contribution in [0.2, 0.25) is 5.02 Å². The highest BCUT2D eigenvalue weighted by atomic mass is 35.5. The van der Waals surface area contributed by atoms with E-state index in [0.29, 0.717) is 12.0 Å². The number of halogens is 2. The van der Waals surface area contributed by atoms with Crippen LogP contribution < -0.4 is 5.32 Å². The lowest BCUT2D eigenvalue weighted by Gasteiger charge is -2.24. The fourth-order valence-corrected chi connectivity index (χ4v) is 2.21. The van der Waals surface area contributed by atoms with E-state index in [1.165, 1.54) is 6.07 Å². The van der Waals surface area contributed by atoms with Gasteiger partial charge in [0, 0.05) is 6.04 Å². The average molecular weight is 272 g/mol. The highest BCUT2D eigenvalue weighted by Gasteiger charge is 2.16. The van der Waals surface area contributed by atoms with Gasteiger partial charge in [-0.1, -0.05) is 44.9 Å². The van der Waals surface area contributed by atoms with Gasteiger partial charge in [0.25, 0.3) is 0 Å². The largest absolute Gasteiger partial charge is 0.313 e. The fourth-order valence-electron chi connectivity index (χ4n) is 2.01. The second-order valence-electron chi connectivity index (χ2n) is 4.90. The van der Waals surface area contributed by atoms with Crippen molar-refractivity contribution in [1.29, 1.82) is 0 Å².